The first-order valence-corrected chi connectivity index (χ1v) is 8.77. The van der Waals surface area contributed by atoms with Crippen molar-refractivity contribution >= 4 is 5.97 Å². The number of esters is 1. The molecule has 0 heterocycles. The first kappa shape index (κ1) is 19.5. The molecule has 1 aromatic rings. The van der Waals surface area contributed by atoms with Gasteiger partial charge in [-0.25, -0.2) is 0 Å². The van der Waals surface area contributed by atoms with Crippen LogP contribution in [0.2, 0.25) is 0 Å². The van der Waals surface area contributed by atoms with Crippen LogP contribution < -0.4 is 4.74 Å². The molecule has 0 aliphatic heterocycles. The van der Waals surface area contributed by atoms with Crippen LogP contribution in [0.25, 0.3) is 0 Å². The summed E-state index contributed by atoms with van der Waals surface area (Å²) in [5, 5.41) is 0. The molecule has 0 aliphatic rings. The first-order chi connectivity index (χ1) is 10.9. The normalized spacial score (nSPS) is 12.7. The number of carbonyl (C=O) groups excluding carboxylic acids is 1. The maximum absolute atomic E-state index is 11.7. The molecule has 0 aliphatic carbocycles. The van der Waals surface area contributed by atoms with Gasteiger partial charge in [0, 0.05) is 6.42 Å². The van der Waals surface area contributed by atoms with E-state index >= 15 is 0 Å². The summed E-state index contributed by atoms with van der Waals surface area (Å²) in [4.78, 5) is 11.7. The minimum Gasteiger partial charge on any atom is -0.494 e. The van der Waals surface area contributed by atoms with E-state index in [2.05, 4.69) is 20.8 Å². The number of carbonyl (C=O) groups is 1. The van der Waals surface area contributed by atoms with Crippen LogP contribution in [0.3, 0.4) is 0 Å². The van der Waals surface area contributed by atoms with Crippen LogP contribution in [0.1, 0.15) is 59.8 Å². The summed E-state index contributed by atoms with van der Waals surface area (Å²) in [5.41, 5.74) is 0.132. The van der Waals surface area contributed by atoms with Gasteiger partial charge in [-0.3, -0.25) is 4.79 Å². The van der Waals surface area contributed by atoms with E-state index in [4.69, 9.17) is 9.47 Å². The van der Waals surface area contributed by atoms with E-state index in [9.17, 15) is 4.79 Å². The van der Waals surface area contributed by atoms with E-state index in [1.807, 2.05) is 37.3 Å². The number of unbranched alkanes of at least 4 members (excludes halogenated alkanes) is 2. The van der Waals surface area contributed by atoms with Crippen molar-refractivity contribution in [1.29, 1.82) is 0 Å². The van der Waals surface area contributed by atoms with Crippen molar-refractivity contribution in [1.82, 2.24) is 0 Å². The summed E-state index contributed by atoms with van der Waals surface area (Å²) >= 11 is 0. The number of hydrogen-bond donors (Lipinski definition) is 0. The Balaban J connectivity index is 2.23. The average Bonchev–Trinajstić information content (AvgIpc) is 2.49. The maximum atomic E-state index is 11.7. The van der Waals surface area contributed by atoms with Crippen molar-refractivity contribution in [2.24, 2.45) is 11.3 Å². The highest BCUT2D eigenvalue weighted by Gasteiger charge is 2.26. The Morgan fingerprint density at radius 3 is 2.39 bits per heavy atom. The standard InChI is InChI=1S/C20H32O3/c1-5-22-19(21)16-17(20(2,3)4)12-8-7-11-15-23-18-13-9-6-10-14-18/h6,9-10,13-14,17H,5,7-8,11-12,15-16H2,1-4H3. The molecule has 0 amide bonds. The summed E-state index contributed by atoms with van der Waals surface area (Å²) < 4.78 is 10.8. The molecule has 0 saturated carbocycles. The predicted octanol–water partition coefficient (Wildman–Crippen LogP) is 5.24. The molecule has 0 bridgehead atoms. The molecule has 23 heavy (non-hydrogen) atoms. The quantitative estimate of drug-likeness (QED) is 0.437. The van der Waals surface area contributed by atoms with E-state index in [1.54, 1.807) is 0 Å². The smallest absolute Gasteiger partial charge is 0.306 e. The number of para-hydroxylation sites is 1. The van der Waals surface area contributed by atoms with Gasteiger partial charge in [0.05, 0.1) is 13.2 Å². The third-order valence-electron chi connectivity index (χ3n) is 4.15. The van der Waals surface area contributed by atoms with Crippen LogP contribution >= 0.6 is 0 Å². The summed E-state index contributed by atoms with van der Waals surface area (Å²) in [7, 11) is 0. The lowest BCUT2D eigenvalue weighted by Crippen LogP contribution is -2.24. The number of hydrogen-bond acceptors (Lipinski definition) is 3. The topological polar surface area (TPSA) is 35.5 Å². The molecule has 3 heteroatoms. The highest BCUT2D eigenvalue weighted by atomic mass is 16.5. The Labute approximate surface area is 141 Å². The van der Waals surface area contributed by atoms with Crippen LogP contribution in [0.5, 0.6) is 5.75 Å². The molecule has 1 unspecified atom stereocenters. The molecule has 0 spiro atoms. The predicted molar refractivity (Wildman–Crippen MR) is 94.6 cm³/mol. The lowest BCUT2D eigenvalue weighted by atomic mass is 9.76. The third kappa shape index (κ3) is 8.63. The molecule has 0 radical (unpaired) electrons. The summed E-state index contributed by atoms with van der Waals surface area (Å²) in [6.45, 7) is 9.69. The van der Waals surface area contributed by atoms with Gasteiger partial charge in [0.15, 0.2) is 0 Å². The average molecular weight is 320 g/mol. The van der Waals surface area contributed by atoms with Gasteiger partial charge in [0.25, 0.3) is 0 Å². The second-order valence-electron chi connectivity index (χ2n) is 7.08. The Bertz CT molecular complexity index is 434. The molecule has 0 N–H and O–H groups in total. The second kappa shape index (κ2) is 10.3. The van der Waals surface area contributed by atoms with Crippen molar-refractivity contribution in [2.75, 3.05) is 13.2 Å². The summed E-state index contributed by atoms with van der Waals surface area (Å²) in [5.74, 6) is 1.24. The zero-order valence-electron chi connectivity index (χ0n) is 15.1. The Kier molecular flexibility index (Phi) is 8.75. The zero-order chi connectivity index (χ0) is 17.1. The minimum atomic E-state index is -0.0696. The van der Waals surface area contributed by atoms with Gasteiger partial charge in [-0.15, -0.1) is 0 Å². The van der Waals surface area contributed by atoms with Gasteiger partial charge < -0.3 is 9.47 Å². The molecule has 0 saturated heterocycles. The van der Waals surface area contributed by atoms with E-state index in [0.717, 1.165) is 38.0 Å². The molecule has 0 aromatic heterocycles. The Morgan fingerprint density at radius 2 is 1.78 bits per heavy atom. The monoisotopic (exact) mass is 320 g/mol. The zero-order valence-corrected chi connectivity index (χ0v) is 15.1. The number of ether oxygens (including phenoxy) is 2. The van der Waals surface area contributed by atoms with Gasteiger partial charge in [-0.2, -0.15) is 0 Å². The van der Waals surface area contributed by atoms with Crippen molar-refractivity contribution in [3.63, 3.8) is 0 Å². The van der Waals surface area contributed by atoms with Crippen molar-refractivity contribution in [2.45, 2.75) is 59.8 Å². The van der Waals surface area contributed by atoms with Crippen LogP contribution in [0, 0.1) is 11.3 Å². The fourth-order valence-electron chi connectivity index (χ4n) is 2.64. The molecule has 1 aromatic carbocycles. The van der Waals surface area contributed by atoms with Gasteiger partial charge in [-0.05, 0) is 43.2 Å². The molecule has 130 valence electrons. The van der Waals surface area contributed by atoms with Crippen LogP contribution in [0.15, 0.2) is 30.3 Å². The van der Waals surface area contributed by atoms with Crippen LogP contribution in [0.4, 0.5) is 0 Å². The van der Waals surface area contributed by atoms with Crippen molar-refractivity contribution in [3.05, 3.63) is 30.3 Å². The summed E-state index contributed by atoms with van der Waals surface area (Å²) in [6, 6.07) is 9.92. The summed E-state index contributed by atoms with van der Waals surface area (Å²) in [6.07, 6.45) is 4.89. The van der Waals surface area contributed by atoms with Gasteiger partial charge in [-0.1, -0.05) is 51.8 Å². The van der Waals surface area contributed by atoms with Gasteiger partial charge >= 0.3 is 5.97 Å². The molecule has 1 rings (SSSR count). The third-order valence-corrected chi connectivity index (χ3v) is 4.15. The van der Waals surface area contributed by atoms with E-state index in [-0.39, 0.29) is 11.4 Å². The minimum absolute atomic E-state index is 0.0696. The molecule has 3 nitrogen and oxygen atoms in total. The second-order valence-corrected chi connectivity index (χ2v) is 7.08. The lowest BCUT2D eigenvalue weighted by Gasteiger charge is -2.30. The van der Waals surface area contributed by atoms with Crippen LogP contribution in [-0.4, -0.2) is 19.2 Å². The highest BCUT2D eigenvalue weighted by Crippen LogP contribution is 2.33. The molecule has 0 fully saturated rings. The van der Waals surface area contributed by atoms with Crippen molar-refractivity contribution < 1.29 is 14.3 Å². The van der Waals surface area contributed by atoms with Crippen molar-refractivity contribution in [3.8, 4) is 5.75 Å². The van der Waals surface area contributed by atoms with Gasteiger partial charge in [0.1, 0.15) is 5.75 Å². The first-order valence-electron chi connectivity index (χ1n) is 8.77. The maximum Gasteiger partial charge on any atom is 0.306 e. The fourth-order valence-corrected chi connectivity index (χ4v) is 2.64. The number of rotatable bonds is 10. The molecular weight excluding hydrogens is 288 g/mol. The van der Waals surface area contributed by atoms with Crippen LogP contribution in [-0.2, 0) is 9.53 Å². The molecule has 1 atom stereocenters. The molecular formula is C20H32O3. The fraction of sp³-hybridized carbons (Fsp3) is 0.650. The highest BCUT2D eigenvalue weighted by molar-refractivity contribution is 5.69. The van der Waals surface area contributed by atoms with E-state index in [0.29, 0.717) is 18.9 Å². The SMILES string of the molecule is CCOC(=O)CC(CCCCCOc1ccccc1)C(C)(C)C. The Hall–Kier alpha value is -1.51. The number of benzene rings is 1. The van der Waals surface area contributed by atoms with E-state index in [1.165, 1.54) is 0 Å². The Morgan fingerprint density at radius 1 is 1.09 bits per heavy atom. The lowest BCUT2D eigenvalue weighted by molar-refractivity contribution is -0.145. The largest absolute Gasteiger partial charge is 0.494 e. The van der Waals surface area contributed by atoms with E-state index < -0.39 is 0 Å². The van der Waals surface area contributed by atoms with Gasteiger partial charge in [0.2, 0.25) is 0 Å².